The van der Waals surface area contributed by atoms with Gasteiger partial charge in [-0.3, -0.25) is 19.5 Å². The molecule has 4 N–H and O–H groups in total. The number of carbonyl (C=O) groups is 2. The van der Waals surface area contributed by atoms with Gasteiger partial charge >= 0.3 is 11.8 Å². The summed E-state index contributed by atoms with van der Waals surface area (Å²) in [4.78, 5) is 36.3. The van der Waals surface area contributed by atoms with E-state index in [1.54, 1.807) is 36.8 Å². The molecule has 202 valence electrons. The minimum atomic E-state index is -1.17. The van der Waals surface area contributed by atoms with E-state index in [0.717, 1.165) is 40.5 Å². The van der Waals surface area contributed by atoms with E-state index in [4.69, 9.17) is 11.0 Å². The van der Waals surface area contributed by atoms with Crippen LogP contribution in [0, 0.1) is 29.6 Å². The van der Waals surface area contributed by atoms with Gasteiger partial charge in [-0.25, -0.2) is 4.98 Å². The number of nitrogens with one attached hydrogen (secondary N) is 2. The maximum absolute atomic E-state index is 12.8. The van der Waals surface area contributed by atoms with Crippen molar-refractivity contribution in [1.29, 1.82) is 10.5 Å². The SMILES string of the molecule is Cc1ccncc1-c1cc(N)c2cnc(NC(=O)C(=O)NC3(C#N)CN(C4(c5ccc(C#N)cc5)CC4)C3)cc2c1. The minimum absolute atomic E-state index is 0.191. The number of pyridine rings is 2. The molecule has 1 saturated heterocycles. The van der Waals surface area contributed by atoms with Gasteiger partial charge in [0.15, 0.2) is 5.54 Å². The number of aromatic nitrogens is 2. The van der Waals surface area contributed by atoms with E-state index in [9.17, 15) is 14.9 Å². The van der Waals surface area contributed by atoms with Gasteiger partial charge in [0.25, 0.3) is 0 Å². The average molecular weight is 543 g/mol. The number of amides is 2. The number of benzene rings is 2. The van der Waals surface area contributed by atoms with Crippen molar-refractivity contribution in [3.05, 3.63) is 83.8 Å². The lowest BCUT2D eigenvalue weighted by atomic mass is 9.86. The molecule has 41 heavy (non-hydrogen) atoms. The van der Waals surface area contributed by atoms with Crippen LogP contribution in [0.1, 0.15) is 29.5 Å². The first-order chi connectivity index (χ1) is 19.8. The normalized spacial score (nSPS) is 16.6. The highest BCUT2D eigenvalue weighted by atomic mass is 16.2. The quantitative estimate of drug-likeness (QED) is 0.255. The summed E-state index contributed by atoms with van der Waals surface area (Å²) < 4.78 is 0. The van der Waals surface area contributed by atoms with Crippen molar-refractivity contribution < 1.29 is 9.59 Å². The summed E-state index contributed by atoms with van der Waals surface area (Å²) in [5.41, 5.74) is 9.98. The second kappa shape index (κ2) is 9.70. The van der Waals surface area contributed by atoms with Crippen molar-refractivity contribution in [1.82, 2.24) is 20.2 Å². The van der Waals surface area contributed by atoms with Crippen LogP contribution in [0.5, 0.6) is 0 Å². The Labute approximate surface area is 236 Å². The molecule has 6 rings (SSSR count). The lowest BCUT2D eigenvalue weighted by molar-refractivity contribution is -0.138. The van der Waals surface area contributed by atoms with Gasteiger partial charge in [0, 0.05) is 53.9 Å². The predicted octanol–water partition coefficient (Wildman–Crippen LogP) is 3.38. The van der Waals surface area contributed by atoms with Crippen LogP contribution in [-0.2, 0) is 15.1 Å². The minimum Gasteiger partial charge on any atom is -0.398 e. The second-order valence-corrected chi connectivity index (χ2v) is 10.7. The van der Waals surface area contributed by atoms with Crippen molar-refractivity contribution in [2.75, 3.05) is 24.1 Å². The van der Waals surface area contributed by atoms with Crippen LogP contribution in [0.3, 0.4) is 0 Å². The van der Waals surface area contributed by atoms with Crippen LogP contribution in [-0.4, -0.2) is 45.3 Å². The van der Waals surface area contributed by atoms with Crippen molar-refractivity contribution in [3.8, 4) is 23.3 Å². The first kappa shape index (κ1) is 25.9. The molecule has 0 spiro atoms. The number of nitrogen functional groups attached to an aromatic ring is 1. The number of nitrogens with two attached hydrogens (primary N) is 1. The van der Waals surface area contributed by atoms with Gasteiger partial charge in [0.1, 0.15) is 5.82 Å². The highest BCUT2D eigenvalue weighted by Gasteiger charge is 2.59. The van der Waals surface area contributed by atoms with E-state index in [1.807, 2.05) is 37.3 Å². The number of anilines is 2. The molecule has 0 radical (unpaired) electrons. The van der Waals surface area contributed by atoms with Gasteiger partial charge in [-0.05, 0) is 78.2 Å². The molecular formula is C31H26N8O2. The maximum Gasteiger partial charge on any atom is 0.314 e. The van der Waals surface area contributed by atoms with Crippen LogP contribution >= 0.6 is 0 Å². The van der Waals surface area contributed by atoms with Gasteiger partial charge in [0.2, 0.25) is 0 Å². The number of hydrogen-bond donors (Lipinski definition) is 3. The summed E-state index contributed by atoms with van der Waals surface area (Å²) in [6.07, 6.45) is 6.90. The highest BCUT2D eigenvalue weighted by molar-refractivity contribution is 6.39. The van der Waals surface area contributed by atoms with Gasteiger partial charge in [-0.2, -0.15) is 10.5 Å². The number of aryl methyl sites for hydroxylation is 1. The van der Waals surface area contributed by atoms with Gasteiger partial charge in [0.05, 0.1) is 17.7 Å². The number of nitrogens with zero attached hydrogens (tertiary/aromatic N) is 5. The first-order valence-electron chi connectivity index (χ1n) is 13.2. The van der Waals surface area contributed by atoms with E-state index in [1.165, 1.54) is 0 Å². The van der Waals surface area contributed by atoms with Gasteiger partial charge in [-0.1, -0.05) is 12.1 Å². The molecule has 2 fully saturated rings. The van der Waals surface area contributed by atoms with Crippen molar-refractivity contribution in [3.63, 3.8) is 0 Å². The molecule has 1 saturated carbocycles. The molecule has 1 aliphatic heterocycles. The van der Waals surface area contributed by atoms with E-state index in [2.05, 4.69) is 37.6 Å². The molecule has 10 nitrogen and oxygen atoms in total. The Morgan fingerprint density at radius 1 is 1.02 bits per heavy atom. The zero-order valence-electron chi connectivity index (χ0n) is 22.3. The molecule has 0 unspecified atom stereocenters. The predicted molar refractivity (Wildman–Crippen MR) is 153 cm³/mol. The monoisotopic (exact) mass is 542 g/mol. The van der Waals surface area contributed by atoms with Crippen LogP contribution < -0.4 is 16.4 Å². The third-order valence-electron chi connectivity index (χ3n) is 8.04. The topological polar surface area (TPSA) is 161 Å². The fourth-order valence-electron chi connectivity index (χ4n) is 5.57. The summed E-state index contributed by atoms with van der Waals surface area (Å²) in [6.45, 7) is 2.58. The molecule has 2 aromatic carbocycles. The van der Waals surface area contributed by atoms with Crippen LogP contribution in [0.25, 0.3) is 21.9 Å². The molecule has 0 atom stereocenters. The Kier molecular flexibility index (Phi) is 6.14. The molecule has 0 bridgehead atoms. The molecule has 2 aliphatic rings. The summed E-state index contributed by atoms with van der Waals surface area (Å²) in [7, 11) is 0. The third kappa shape index (κ3) is 4.61. The Bertz CT molecular complexity index is 1790. The number of hydrogen-bond acceptors (Lipinski definition) is 8. The largest absolute Gasteiger partial charge is 0.398 e. The third-order valence-corrected chi connectivity index (χ3v) is 8.04. The number of carbonyl (C=O) groups excluding carboxylic acids is 2. The maximum atomic E-state index is 12.8. The Hall–Kier alpha value is -5.32. The van der Waals surface area contributed by atoms with E-state index < -0.39 is 17.4 Å². The van der Waals surface area contributed by atoms with Gasteiger partial charge in [-0.15, -0.1) is 0 Å². The second-order valence-electron chi connectivity index (χ2n) is 10.7. The average Bonchev–Trinajstić information content (AvgIpc) is 3.76. The smallest absolute Gasteiger partial charge is 0.314 e. The standard InChI is InChI=1S/C31H26N8O2/c1-19-6-9-35-14-24(19)21-10-22-12-27(36-15-25(22)26(34)11-21)37-28(40)29(41)38-30(16-33)17-39(18-30)31(7-8-31)23-4-2-20(13-32)3-5-23/h2-6,9-12,14-15H,7-8,17-18,34H2,1H3,(H,38,41)(H,36,37,40). The fraction of sp³-hybridized carbons (Fsp3) is 0.226. The van der Waals surface area contributed by atoms with Crippen molar-refractivity contribution >= 4 is 34.1 Å². The summed E-state index contributed by atoms with van der Waals surface area (Å²) >= 11 is 0. The molecule has 2 amide bonds. The zero-order chi connectivity index (χ0) is 28.8. The molecule has 2 aromatic heterocycles. The molecule has 1 aliphatic carbocycles. The Morgan fingerprint density at radius 2 is 1.78 bits per heavy atom. The highest BCUT2D eigenvalue weighted by Crippen LogP contribution is 2.54. The van der Waals surface area contributed by atoms with Crippen LogP contribution in [0.4, 0.5) is 11.5 Å². The molecular weight excluding hydrogens is 516 g/mol. The number of nitriles is 2. The van der Waals surface area contributed by atoms with Crippen LogP contribution in [0.15, 0.2) is 67.1 Å². The molecule has 10 heteroatoms. The fourth-order valence-corrected chi connectivity index (χ4v) is 5.57. The Balaban J connectivity index is 1.14. The summed E-state index contributed by atoms with van der Waals surface area (Å²) in [5.74, 6) is -1.63. The van der Waals surface area contributed by atoms with Crippen molar-refractivity contribution in [2.45, 2.75) is 30.8 Å². The Morgan fingerprint density at radius 3 is 2.44 bits per heavy atom. The first-order valence-corrected chi connectivity index (χ1v) is 13.2. The lowest BCUT2D eigenvalue weighted by Crippen LogP contribution is -2.72. The zero-order valence-corrected chi connectivity index (χ0v) is 22.3. The summed E-state index contributed by atoms with van der Waals surface area (Å²) in [5, 5.41) is 25.6. The number of rotatable bonds is 5. The number of likely N-dealkylation sites (tertiary alicyclic amines) is 1. The van der Waals surface area contributed by atoms with E-state index in [-0.39, 0.29) is 11.4 Å². The molecule has 3 heterocycles. The summed E-state index contributed by atoms with van der Waals surface area (Å²) in [6, 6.07) is 19.1. The van der Waals surface area contributed by atoms with Crippen molar-refractivity contribution in [2.24, 2.45) is 0 Å². The van der Waals surface area contributed by atoms with Crippen LogP contribution in [0.2, 0.25) is 0 Å². The lowest BCUT2D eigenvalue weighted by Gasteiger charge is -2.50. The number of fused-ring (bicyclic) bond motifs is 1. The molecule has 4 aromatic rings. The van der Waals surface area contributed by atoms with E-state index >= 15 is 0 Å². The van der Waals surface area contributed by atoms with Gasteiger partial charge < -0.3 is 16.4 Å². The van der Waals surface area contributed by atoms with E-state index in [0.29, 0.717) is 29.7 Å².